The predicted octanol–water partition coefficient (Wildman–Crippen LogP) is 2.37. The van der Waals surface area contributed by atoms with Gasteiger partial charge in [-0.05, 0) is 25.2 Å². The molecule has 3 unspecified atom stereocenters. The van der Waals surface area contributed by atoms with Gasteiger partial charge in [0, 0.05) is 31.6 Å². The largest absolute Gasteiger partial charge is 0.334 e. The number of rotatable bonds is 2. The van der Waals surface area contributed by atoms with Gasteiger partial charge in [0.2, 0.25) is 5.91 Å². The van der Waals surface area contributed by atoms with E-state index >= 15 is 0 Å². The molecular weight excluding hydrogens is 244 g/mol. The summed E-state index contributed by atoms with van der Waals surface area (Å²) in [4.78, 5) is 17.0. The van der Waals surface area contributed by atoms with E-state index < -0.39 is 0 Å². The van der Waals surface area contributed by atoms with Crippen LogP contribution in [-0.2, 0) is 4.79 Å². The molecule has 1 amide bonds. The number of carbonyl (C=O) groups is 1. The molecule has 2 aliphatic rings. The normalized spacial score (nSPS) is 30.6. The Morgan fingerprint density at radius 2 is 1.78 bits per heavy atom. The van der Waals surface area contributed by atoms with Crippen molar-refractivity contribution < 1.29 is 4.79 Å². The van der Waals surface area contributed by atoms with Crippen LogP contribution in [0.5, 0.6) is 0 Å². The van der Waals surface area contributed by atoms with Gasteiger partial charge in [-0.25, -0.2) is 0 Å². The molecule has 2 heterocycles. The third-order valence-electron chi connectivity index (χ3n) is 4.01. The van der Waals surface area contributed by atoms with Crippen LogP contribution in [0.15, 0.2) is 0 Å². The van der Waals surface area contributed by atoms with Gasteiger partial charge in [-0.1, -0.05) is 20.8 Å². The topological polar surface area (TPSA) is 23.6 Å². The Kier molecular flexibility index (Phi) is 3.98. The van der Waals surface area contributed by atoms with Crippen LogP contribution in [0.4, 0.5) is 0 Å². The van der Waals surface area contributed by atoms with E-state index in [1.165, 1.54) is 0 Å². The van der Waals surface area contributed by atoms with E-state index in [0.29, 0.717) is 29.8 Å². The maximum atomic E-state index is 12.4. The van der Waals surface area contributed by atoms with E-state index in [4.69, 9.17) is 0 Å². The van der Waals surface area contributed by atoms with Crippen LogP contribution in [0, 0.1) is 5.41 Å². The van der Waals surface area contributed by atoms with E-state index in [1.807, 2.05) is 0 Å². The van der Waals surface area contributed by atoms with Crippen LogP contribution in [0.1, 0.15) is 47.0 Å². The fourth-order valence-electron chi connectivity index (χ4n) is 3.19. The zero-order valence-electron chi connectivity index (χ0n) is 12.0. The minimum absolute atomic E-state index is 0.0878. The highest BCUT2D eigenvalue weighted by atomic mass is 32.1. The summed E-state index contributed by atoms with van der Waals surface area (Å²) in [6.45, 7) is 10.5. The molecule has 2 saturated heterocycles. The van der Waals surface area contributed by atoms with Crippen molar-refractivity contribution in [1.82, 2.24) is 9.80 Å². The van der Waals surface area contributed by atoms with Crippen molar-refractivity contribution in [2.24, 2.45) is 5.41 Å². The fourth-order valence-corrected chi connectivity index (χ4v) is 3.38. The molecule has 3 atom stereocenters. The number of fused-ring (bicyclic) bond motifs is 2. The summed E-state index contributed by atoms with van der Waals surface area (Å²) >= 11 is 4.52. The summed E-state index contributed by atoms with van der Waals surface area (Å²) in [5, 5.41) is 0.299. The molecule has 0 aromatic rings. The molecule has 2 fully saturated rings. The van der Waals surface area contributed by atoms with E-state index in [9.17, 15) is 4.79 Å². The second-order valence-electron chi connectivity index (χ2n) is 7.01. The lowest BCUT2D eigenvalue weighted by molar-refractivity contribution is -0.139. The van der Waals surface area contributed by atoms with Gasteiger partial charge in [0.15, 0.2) is 0 Å². The first-order valence-corrected chi connectivity index (χ1v) is 7.53. The highest BCUT2D eigenvalue weighted by Gasteiger charge is 2.43. The Hall–Kier alpha value is -0.220. The van der Waals surface area contributed by atoms with Crippen molar-refractivity contribution in [3.05, 3.63) is 0 Å². The van der Waals surface area contributed by atoms with Crippen LogP contribution in [0.2, 0.25) is 0 Å². The molecule has 0 aromatic heterocycles. The molecule has 3 nitrogen and oxygen atoms in total. The van der Waals surface area contributed by atoms with Gasteiger partial charge < -0.3 is 4.90 Å². The second kappa shape index (κ2) is 5.04. The monoisotopic (exact) mass is 270 g/mol. The van der Waals surface area contributed by atoms with Gasteiger partial charge in [0.05, 0.1) is 5.37 Å². The highest BCUT2D eigenvalue weighted by molar-refractivity contribution is 7.80. The Morgan fingerprint density at radius 3 is 2.17 bits per heavy atom. The molecule has 4 heteroatoms. The molecule has 0 N–H and O–H groups in total. The lowest BCUT2D eigenvalue weighted by Gasteiger charge is -2.43. The Morgan fingerprint density at radius 1 is 1.28 bits per heavy atom. The number of hydrogen-bond donors (Lipinski definition) is 1. The SMILES string of the molecule is CC(S)N1CC2CCC(C1)N2C(=O)CC(C)(C)C. The highest BCUT2D eigenvalue weighted by Crippen LogP contribution is 2.33. The summed E-state index contributed by atoms with van der Waals surface area (Å²) in [7, 11) is 0. The average Bonchev–Trinajstić information content (AvgIpc) is 2.47. The van der Waals surface area contributed by atoms with Gasteiger partial charge in [-0.15, -0.1) is 0 Å². The molecule has 0 spiro atoms. The summed E-state index contributed by atoms with van der Waals surface area (Å²) in [6.07, 6.45) is 2.99. The van der Waals surface area contributed by atoms with Gasteiger partial charge >= 0.3 is 0 Å². The first kappa shape index (κ1) is 14.2. The van der Waals surface area contributed by atoms with Gasteiger partial charge in [-0.3, -0.25) is 9.69 Å². The Bertz CT molecular complexity index is 310. The summed E-state index contributed by atoms with van der Waals surface area (Å²) in [6, 6.07) is 0.849. The van der Waals surface area contributed by atoms with Crippen LogP contribution < -0.4 is 0 Å². The first-order valence-electron chi connectivity index (χ1n) is 7.01. The van der Waals surface area contributed by atoms with Crippen molar-refractivity contribution in [1.29, 1.82) is 0 Å². The number of hydrogen-bond acceptors (Lipinski definition) is 3. The number of nitrogens with zero attached hydrogens (tertiary/aromatic N) is 2. The lowest BCUT2D eigenvalue weighted by Crippen LogP contribution is -2.57. The third kappa shape index (κ3) is 3.02. The molecule has 0 radical (unpaired) electrons. The van der Waals surface area contributed by atoms with Crippen molar-refractivity contribution in [3.8, 4) is 0 Å². The van der Waals surface area contributed by atoms with E-state index in [-0.39, 0.29) is 5.41 Å². The molecular formula is C14H26N2OS. The number of carbonyl (C=O) groups excluding carboxylic acids is 1. The zero-order chi connectivity index (χ0) is 13.5. The maximum Gasteiger partial charge on any atom is 0.223 e. The molecule has 0 saturated carbocycles. The van der Waals surface area contributed by atoms with Gasteiger partial charge in [0.1, 0.15) is 0 Å². The van der Waals surface area contributed by atoms with Gasteiger partial charge in [-0.2, -0.15) is 12.6 Å². The maximum absolute atomic E-state index is 12.4. The van der Waals surface area contributed by atoms with Crippen LogP contribution >= 0.6 is 12.6 Å². The standard InChI is InChI=1S/C14H26N2OS/c1-10(18)15-8-11-5-6-12(9-15)16(11)13(17)7-14(2,3)4/h10-12,18H,5-9H2,1-4H3. The van der Waals surface area contributed by atoms with Crippen LogP contribution in [0.25, 0.3) is 0 Å². The predicted molar refractivity (Wildman–Crippen MR) is 77.7 cm³/mol. The quantitative estimate of drug-likeness (QED) is 0.779. The second-order valence-corrected chi connectivity index (χ2v) is 7.76. The van der Waals surface area contributed by atoms with E-state index in [1.54, 1.807) is 0 Å². The minimum Gasteiger partial charge on any atom is -0.334 e. The molecule has 104 valence electrons. The molecule has 2 bridgehead atoms. The number of amides is 1. The van der Waals surface area contributed by atoms with Crippen molar-refractivity contribution in [2.75, 3.05) is 13.1 Å². The van der Waals surface area contributed by atoms with Gasteiger partial charge in [0.25, 0.3) is 0 Å². The van der Waals surface area contributed by atoms with E-state index in [0.717, 1.165) is 25.9 Å². The molecule has 2 aliphatic heterocycles. The first-order chi connectivity index (χ1) is 8.28. The summed E-state index contributed by atoms with van der Waals surface area (Å²) in [5.41, 5.74) is 0.0878. The Labute approximate surface area is 116 Å². The molecule has 0 aliphatic carbocycles. The number of likely N-dealkylation sites (tertiary alicyclic amines) is 1. The van der Waals surface area contributed by atoms with Crippen molar-refractivity contribution >= 4 is 18.5 Å². The summed E-state index contributed by atoms with van der Waals surface area (Å²) in [5.74, 6) is 0.349. The number of thiol groups is 1. The zero-order valence-corrected chi connectivity index (χ0v) is 12.9. The smallest absolute Gasteiger partial charge is 0.223 e. The van der Waals surface area contributed by atoms with Crippen molar-refractivity contribution in [3.63, 3.8) is 0 Å². The van der Waals surface area contributed by atoms with Crippen LogP contribution in [0.3, 0.4) is 0 Å². The fraction of sp³-hybridized carbons (Fsp3) is 0.929. The molecule has 18 heavy (non-hydrogen) atoms. The van der Waals surface area contributed by atoms with E-state index in [2.05, 4.69) is 50.1 Å². The summed E-state index contributed by atoms with van der Waals surface area (Å²) < 4.78 is 0. The third-order valence-corrected chi connectivity index (χ3v) is 4.34. The lowest BCUT2D eigenvalue weighted by atomic mass is 9.91. The number of piperazine rings is 1. The van der Waals surface area contributed by atoms with Crippen LogP contribution in [-0.4, -0.2) is 46.3 Å². The van der Waals surface area contributed by atoms with Crippen molar-refractivity contribution in [2.45, 2.75) is 64.4 Å². The Balaban J connectivity index is 2.02. The molecule has 2 rings (SSSR count). The molecule has 0 aromatic carbocycles. The minimum atomic E-state index is 0.0878. The average molecular weight is 270 g/mol.